The molecule has 0 aliphatic rings. The van der Waals surface area contributed by atoms with E-state index < -0.39 is 41.5 Å². The van der Waals surface area contributed by atoms with Crippen molar-refractivity contribution in [2.45, 2.75) is 31.8 Å². The fourth-order valence-corrected chi connectivity index (χ4v) is 5.08. The van der Waals surface area contributed by atoms with E-state index in [0.29, 0.717) is 12.0 Å². The number of hydrogen-bond acceptors (Lipinski definition) is 7. The average molecular weight is 600 g/mol. The first-order valence-corrected chi connectivity index (χ1v) is 14.1. The van der Waals surface area contributed by atoms with Crippen LogP contribution in [-0.4, -0.2) is 49.9 Å². The van der Waals surface area contributed by atoms with Crippen LogP contribution in [0.25, 0.3) is 28.0 Å². The van der Waals surface area contributed by atoms with E-state index in [0.717, 1.165) is 28.7 Å². The number of primary amides is 1. The zero-order chi connectivity index (χ0) is 31.4. The highest BCUT2D eigenvalue weighted by atomic mass is 19.1. The van der Waals surface area contributed by atoms with Gasteiger partial charge >= 0.3 is 0 Å². The van der Waals surface area contributed by atoms with Gasteiger partial charge in [-0.05, 0) is 60.2 Å². The molecule has 3 aromatic carbocycles. The molecule has 0 aliphatic heterocycles. The molecule has 5 aromatic rings. The van der Waals surface area contributed by atoms with Crippen molar-refractivity contribution in [2.24, 2.45) is 5.73 Å². The Hall–Kier alpha value is -5.00. The summed E-state index contributed by atoms with van der Waals surface area (Å²) in [5.74, 6) is -2.49. The minimum Gasteiger partial charge on any atom is -0.394 e. The molecule has 2 aromatic heterocycles. The Morgan fingerprint density at radius 3 is 2.41 bits per heavy atom. The number of fused-ring (bicyclic) bond motifs is 1. The van der Waals surface area contributed by atoms with Gasteiger partial charge in [0.1, 0.15) is 17.3 Å². The molecule has 0 radical (unpaired) electrons. The van der Waals surface area contributed by atoms with Gasteiger partial charge in [0.05, 0.1) is 18.4 Å². The minimum atomic E-state index is -1.16. The van der Waals surface area contributed by atoms with Crippen molar-refractivity contribution in [3.8, 4) is 16.9 Å². The highest BCUT2D eigenvalue weighted by molar-refractivity contribution is 5.97. The van der Waals surface area contributed by atoms with E-state index in [2.05, 4.69) is 34.3 Å². The van der Waals surface area contributed by atoms with Crippen molar-refractivity contribution in [1.29, 1.82) is 0 Å². The van der Waals surface area contributed by atoms with Gasteiger partial charge in [0.15, 0.2) is 5.65 Å². The second-order valence-corrected chi connectivity index (χ2v) is 10.5. The molecule has 0 spiro atoms. The summed E-state index contributed by atoms with van der Waals surface area (Å²) in [4.78, 5) is 34.5. The van der Waals surface area contributed by atoms with Crippen LogP contribution < -0.4 is 16.6 Å². The fraction of sp³-hybridized carbons (Fsp3) is 0.212. The molecule has 5 N–H and O–H groups in total. The summed E-state index contributed by atoms with van der Waals surface area (Å²) in [5, 5.41) is 22.4. The van der Waals surface area contributed by atoms with Crippen molar-refractivity contribution >= 4 is 22.9 Å². The Labute approximate surface area is 251 Å². The highest BCUT2D eigenvalue weighted by Crippen LogP contribution is 2.33. The van der Waals surface area contributed by atoms with Crippen LogP contribution in [-0.2, 0) is 6.42 Å². The van der Waals surface area contributed by atoms with Crippen LogP contribution in [0.15, 0.2) is 83.7 Å². The largest absolute Gasteiger partial charge is 0.394 e. The number of amides is 1. The lowest BCUT2D eigenvalue weighted by atomic mass is 9.90. The number of halogens is 2. The van der Waals surface area contributed by atoms with E-state index in [1.54, 1.807) is 18.2 Å². The number of aliphatic hydroxyl groups excluding tert-OH is 2. The molecular formula is C33H31F2N5O4. The number of pyridine rings is 1. The van der Waals surface area contributed by atoms with Gasteiger partial charge in [-0.3, -0.25) is 14.2 Å². The maximum atomic E-state index is 15.0. The summed E-state index contributed by atoms with van der Waals surface area (Å²) in [5.41, 5.74) is 7.15. The van der Waals surface area contributed by atoms with E-state index in [4.69, 9.17) is 5.73 Å². The van der Waals surface area contributed by atoms with E-state index >= 15 is 8.78 Å². The summed E-state index contributed by atoms with van der Waals surface area (Å²) in [6, 6.07) is 20.9. The van der Waals surface area contributed by atoms with Crippen LogP contribution >= 0.6 is 0 Å². The first-order chi connectivity index (χ1) is 21.2. The lowest BCUT2D eigenvalue weighted by Gasteiger charge is -2.18. The number of carbonyl (C=O) groups excluding carboxylic acids is 1. The lowest BCUT2D eigenvalue weighted by molar-refractivity contribution is 0.1000. The van der Waals surface area contributed by atoms with E-state index in [1.807, 2.05) is 18.2 Å². The third kappa shape index (κ3) is 6.34. The molecule has 226 valence electrons. The SMILES string of the molecule is CC(CCc1ccc(C(N)=O)cc1-c1nc(NCC(O)CO)nc2c1ccc(=O)n2-c1c(F)cccc1F)c1ccccc1. The number of nitrogens with one attached hydrogen (secondary N) is 1. The summed E-state index contributed by atoms with van der Waals surface area (Å²) in [6.07, 6.45) is 0.159. The smallest absolute Gasteiger partial charge is 0.256 e. The molecule has 1 amide bonds. The molecule has 0 bridgehead atoms. The molecule has 11 heteroatoms. The number of para-hydroxylation sites is 1. The maximum Gasteiger partial charge on any atom is 0.256 e. The zero-order valence-electron chi connectivity index (χ0n) is 23.9. The molecule has 44 heavy (non-hydrogen) atoms. The van der Waals surface area contributed by atoms with Crippen LogP contribution in [0.4, 0.5) is 14.7 Å². The number of aromatic nitrogens is 3. The number of carbonyl (C=O) groups is 1. The van der Waals surface area contributed by atoms with Gasteiger partial charge in [-0.1, -0.05) is 49.4 Å². The second kappa shape index (κ2) is 13.1. The standard InChI is InChI=1S/C33H31F2N5O4/c1-19(20-6-3-2-4-7-20)10-11-21-12-13-22(31(36)44)16-25(21)29-24-14-15-28(43)40(30-26(34)8-5-9-27(30)35)32(24)39-33(38-29)37-17-23(42)18-41/h2-9,12-16,19,23,41-42H,10-11,17-18H2,1H3,(H2,36,44)(H,37,38,39). The van der Waals surface area contributed by atoms with Crippen molar-refractivity contribution in [2.75, 3.05) is 18.5 Å². The maximum absolute atomic E-state index is 15.0. The average Bonchev–Trinajstić information content (AvgIpc) is 3.03. The predicted octanol–water partition coefficient (Wildman–Crippen LogP) is 4.33. The summed E-state index contributed by atoms with van der Waals surface area (Å²) in [6.45, 7) is 1.42. The number of anilines is 1. The van der Waals surface area contributed by atoms with Gasteiger partial charge in [-0.2, -0.15) is 4.98 Å². The van der Waals surface area contributed by atoms with Gasteiger partial charge in [-0.25, -0.2) is 13.8 Å². The highest BCUT2D eigenvalue weighted by Gasteiger charge is 2.22. The first-order valence-electron chi connectivity index (χ1n) is 14.1. The molecule has 9 nitrogen and oxygen atoms in total. The first kappa shape index (κ1) is 30.5. The minimum absolute atomic E-state index is 0.0795. The number of aryl methyl sites for hydroxylation is 1. The van der Waals surface area contributed by atoms with Gasteiger partial charge in [0.25, 0.3) is 5.56 Å². The van der Waals surface area contributed by atoms with Crippen molar-refractivity contribution in [1.82, 2.24) is 14.5 Å². The van der Waals surface area contributed by atoms with Crippen LogP contribution in [0.3, 0.4) is 0 Å². The monoisotopic (exact) mass is 599 g/mol. The third-order valence-corrected chi connectivity index (χ3v) is 7.48. The Morgan fingerprint density at radius 1 is 1.00 bits per heavy atom. The topological polar surface area (TPSA) is 143 Å². The van der Waals surface area contributed by atoms with E-state index in [9.17, 15) is 19.8 Å². The normalized spacial score (nSPS) is 12.7. The van der Waals surface area contributed by atoms with Gasteiger partial charge in [0, 0.05) is 29.1 Å². The molecule has 0 aliphatic carbocycles. The molecule has 0 saturated carbocycles. The second-order valence-electron chi connectivity index (χ2n) is 10.5. The number of nitrogens with two attached hydrogens (primary N) is 1. The number of rotatable bonds is 11. The number of aliphatic hydroxyl groups is 2. The summed E-state index contributed by atoms with van der Waals surface area (Å²) >= 11 is 0. The third-order valence-electron chi connectivity index (χ3n) is 7.48. The molecular weight excluding hydrogens is 568 g/mol. The molecule has 0 fully saturated rings. The number of nitrogens with zero attached hydrogens (tertiary/aromatic N) is 3. The quantitative estimate of drug-likeness (QED) is 0.177. The van der Waals surface area contributed by atoms with Crippen molar-refractivity contribution < 1.29 is 23.8 Å². The Morgan fingerprint density at radius 2 is 1.73 bits per heavy atom. The molecule has 0 saturated heterocycles. The summed E-state index contributed by atoms with van der Waals surface area (Å²) in [7, 11) is 0. The van der Waals surface area contributed by atoms with Gasteiger partial charge < -0.3 is 21.3 Å². The molecule has 2 atom stereocenters. The van der Waals surface area contributed by atoms with Crippen LogP contribution in [0.2, 0.25) is 0 Å². The zero-order valence-corrected chi connectivity index (χ0v) is 23.9. The molecule has 2 heterocycles. The van der Waals surface area contributed by atoms with Crippen LogP contribution in [0, 0.1) is 11.6 Å². The fourth-order valence-electron chi connectivity index (χ4n) is 5.08. The van der Waals surface area contributed by atoms with Crippen LogP contribution in [0.5, 0.6) is 0 Å². The predicted molar refractivity (Wildman–Crippen MR) is 164 cm³/mol. The van der Waals surface area contributed by atoms with Gasteiger partial charge in [0.2, 0.25) is 11.9 Å². The molecule has 2 unspecified atom stereocenters. The Balaban J connectivity index is 1.74. The van der Waals surface area contributed by atoms with Crippen molar-refractivity contribution in [3.05, 3.63) is 118 Å². The van der Waals surface area contributed by atoms with E-state index in [-0.39, 0.29) is 40.7 Å². The van der Waals surface area contributed by atoms with Crippen LogP contribution in [0.1, 0.15) is 40.7 Å². The molecule has 5 rings (SSSR count). The lowest BCUT2D eigenvalue weighted by Crippen LogP contribution is -2.25. The van der Waals surface area contributed by atoms with Crippen molar-refractivity contribution in [3.63, 3.8) is 0 Å². The number of benzene rings is 3. The van der Waals surface area contributed by atoms with E-state index in [1.165, 1.54) is 23.8 Å². The Kier molecular flexibility index (Phi) is 9.07. The Bertz CT molecular complexity index is 1860. The van der Waals surface area contributed by atoms with Gasteiger partial charge in [-0.15, -0.1) is 0 Å². The number of hydrogen-bond donors (Lipinski definition) is 4. The summed E-state index contributed by atoms with van der Waals surface area (Å²) < 4.78 is 30.9.